The van der Waals surface area contributed by atoms with E-state index < -0.39 is 17.2 Å². The Hall–Kier alpha value is -3.79. The van der Waals surface area contributed by atoms with Crippen LogP contribution in [-0.4, -0.2) is 14.5 Å². The van der Waals surface area contributed by atoms with E-state index in [1.807, 2.05) is 6.07 Å². The number of benzene rings is 2. The molecule has 1 atom stereocenters. The Labute approximate surface area is 141 Å². The second-order valence-corrected chi connectivity index (χ2v) is 5.72. The second-order valence-electron chi connectivity index (χ2n) is 5.72. The molecule has 7 heteroatoms. The molecule has 0 saturated carbocycles. The van der Waals surface area contributed by atoms with E-state index in [0.29, 0.717) is 5.56 Å². The minimum absolute atomic E-state index is 0.0560. The lowest BCUT2D eigenvalue weighted by atomic mass is 10.0. The van der Waals surface area contributed by atoms with Gasteiger partial charge in [-0.05, 0) is 29.8 Å². The highest BCUT2D eigenvalue weighted by Gasteiger charge is 2.34. The molecule has 0 radical (unpaired) electrons. The maximum Gasteiger partial charge on any atom is 0.279 e. The van der Waals surface area contributed by atoms with Gasteiger partial charge in [0.2, 0.25) is 0 Å². The van der Waals surface area contributed by atoms with Crippen molar-refractivity contribution in [1.29, 1.82) is 5.26 Å². The number of hydrogen-bond acceptors (Lipinski definition) is 5. The van der Waals surface area contributed by atoms with Crippen molar-refractivity contribution in [2.24, 2.45) is 5.73 Å². The van der Waals surface area contributed by atoms with Crippen molar-refractivity contribution in [2.45, 2.75) is 6.04 Å². The number of rotatable bonds is 1. The lowest BCUT2D eigenvalue weighted by Crippen LogP contribution is -2.38. The highest BCUT2D eigenvalue weighted by atomic mass is 16.3. The highest BCUT2D eigenvalue weighted by molar-refractivity contribution is 5.81. The van der Waals surface area contributed by atoms with E-state index in [9.17, 15) is 20.0 Å². The predicted octanol–water partition coefficient (Wildman–Crippen LogP) is 1.12. The topological polar surface area (TPSA) is 114 Å². The van der Waals surface area contributed by atoms with E-state index in [-0.39, 0.29) is 27.9 Å². The Bertz CT molecular complexity index is 1210. The fourth-order valence-electron chi connectivity index (χ4n) is 3.20. The number of nitriles is 1. The third-order valence-corrected chi connectivity index (χ3v) is 4.36. The molecule has 1 unspecified atom stereocenters. The summed E-state index contributed by atoms with van der Waals surface area (Å²) in [6.45, 7) is 0. The molecule has 1 aliphatic heterocycles. The highest BCUT2D eigenvalue weighted by Crippen LogP contribution is 2.32. The van der Waals surface area contributed by atoms with Gasteiger partial charge in [0.25, 0.3) is 11.1 Å². The van der Waals surface area contributed by atoms with Gasteiger partial charge < -0.3 is 10.8 Å². The van der Waals surface area contributed by atoms with Crippen LogP contribution >= 0.6 is 0 Å². The standard InChI is InChI=1S/C18H12N4O3/c19-9-14-15(10-5-7-11(23)8-6-10)21-17(24)12-3-1-2-4-13(12)18(25)22(21)16(14)20/h1-8,15,23H,20H2. The van der Waals surface area contributed by atoms with Gasteiger partial charge in [0.1, 0.15) is 29.3 Å². The van der Waals surface area contributed by atoms with Crippen molar-refractivity contribution in [3.63, 3.8) is 0 Å². The molecule has 1 aliphatic rings. The summed E-state index contributed by atoms with van der Waals surface area (Å²) < 4.78 is 2.26. The minimum atomic E-state index is -0.824. The first-order valence-corrected chi connectivity index (χ1v) is 7.50. The molecule has 25 heavy (non-hydrogen) atoms. The largest absolute Gasteiger partial charge is 0.508 e. The van der Waals surface area contributed by atoms with Gasteiger partial charge in [0.15, 0.2) is 0 Å². The number of aromatic nitrogens is 2. The zero-order valence-electron chi connectivity index (χ0n) is 12.9. The summed E-state index contributed by atoms with van der Waals surface area (Å²) >= 11 is 0. The van der Waals surface area contributed by atoms with E-state index in [0.717, 1.165) is 4.68 Å². The molecule has 2 aromatic carbocycles. The number of nitrogens with two attached hydrogens (primary N) is 1. The van der Waals surface area contributed by atoms with Crippen LogP contribution in [0.25, 0.3) is 16.6 Å². The molecule has 3 aromatic rings. The van der Waals surface area contributed by atoms with Gasteiger partial charge in [0, 0.05) is 0 Å². The summed E-state index contributed by atoms with van der Waals surface area (Å²) in [5.41, 5.74) is 5.84. The molecule has 4 rings (SSSR count). The van der Waals surface area contributed by atoms with Gasteiger partial charge in [-0.2, -0.15) is 9.94 Å². The van der Waals surface area contributed by atoms with Crippen LogP contribution in [0.15, 0.2) is 63.7 Å². The van der Waals surface area contributed by atoms with Crippen LogP contribution in [0.2, 0.25) is 0 Å². The van der Waals surface area contributed by atoms with E-state index in [1.165, 1.54) is 16.8 Å². The second kappa shape index (κ2) is 5.11. The van der Waals surface area contributed by atoms with E-state index in [4.69, 9.17) is 5.73 Å². The fourth-order valence-corrected chi connectivity index (χ4v) is 3.20. The first-order chi connectivity index (χ1) is 12.0. The molecular weight excluding hydrogens is 320 g/mol. The molecule has 0 fully saturated rings. The van der Waals surface area contributed by atoms with Gasteiger partial charge in [0.05, 0.1) is 10.8 Å². The molecule has 122 valence electrons. The Morgan fingerprint density at radius 2 is 1.60 bits per heavy atom. The van der Waals surface area contributed by atoms with Gasteiger partial charge in [-0.15, -0.1) is 0 Å². The van der Waals surface area contributed by atoms with Crippen LogP contribution in [0.5, 0.6) is 5.75 Å². The molecule has 2 heterocycles. The maximum absolute atomic E-state index is 13.0. The van der Waals surface area contributed by atoms with Crippen LogP contribution in [0, 0.1) is 11.3 Å². The quantitative estimate of drug-likeness (QED) is 0.693. The summed E-state index contributed by atoms with van der Waals surface area (Å²) in [6, 6.07) is 13.7. The Balaban J connectivity index is 2.15. The predicted molar refractivity (Wildman–Crippen MR) is 91.7 cm³/mol. The minimum Gasteiger partial charge on any atom is -0.508 e. The van der Waals surface area contributed by atoms with Crippen LogP contribution in [0.3, 0.4) is 0 Å². The zero-order chi connectivity index (χ0) is 17.7. The normalized spacial score (nSPS) is 16.0. The van der Waals surface area contributed by atoms with Crippen LogP contribution in [-0.2, 0) is 0 Å². The molecule has 1 aromatic heterocycles. The summed E-state index contributed by atoms with van der Waals surface area (Å²) in [5, 5.41) is 19.5. The SMILES string of the molecule is N#CC1=C(N)n2c(=O)c3ccccc3c(=O)n2C1c1ccc(O)cc1. The van der Waals surface area contributed by atoms with Crippen molar-refractivity contribution < 1.29 is 5.11 Å². The first kappa shape index (κ1) is 14.8. The third kappa shape index (κ3) is 1.91. The number of phenols is 1. The Morgan fingerprint density at radius 1 is 1.00 bits per heavy atom. The molecular formula is C18H12N4O3. The molecule has 0 amide bonds. The fraction of sp³-hybridized carbons (Fsp3) is 0.0556. The van der Waals surface area contributed by atoms with Gasteiger partial charge in [-0.1, -0.05) is 24.3 Å². The van der Waals surface area contributed by atoms with Crippen molar-refractivity contribution >= 4 is 16.6 Å². The number of nitrogens with zero attached hydrogens (tertiary/aromatic N) is 3. The summed E-state index contributed by atoms with van der Waals surface area (Å²) in [6.07, 6.45) is 0. The number of hydrogen-bond donors (Lipinski definition) is 2. The van der Waals surface area contributed by atoms with Crippen LogP contribution in [0.1, 0.15) is 11.6 Å². The summed E-state index contributed by atoms with van der Waals surface area (Å²) in [7, 11) is 0. The molecule has 0 saturated heterocycles. The van der Waals surface area contributed by atoms with Crippen LogP contribution in [0.4, 0.5) is 0 Å². The van der Waals surface area contributed by atoms with Crippen molar-refractivity contribution in [2.75, 3.05) is 0 Å². The van der Waals surface area contributed by atoms with Crippen molar-refractivity contribution in [1.82, 2.24) is 9.36 Å². The Kier molecular flexibility index (Phi) is 3.02. The molecule has 0 bridgehead atoms. The average Bonchev–Trinajstić information content (AvgIpc) is 2.93. The molecule has 3 N–H and O–H groups in total. The molecule has 0 spiro atoms. The molecule has 0 aliphatic carbocycles. The maximum atomic E-state index is 13.0. The van der Waals surface area contributed by atoms with E-state index in [1.54, 1.807) is 36.4 Å². The lowest BCUT2D eigenvalue weighted by Gasteiger charge is -2.16. The number of fused-ring (bicyclic) bond motifs is 2. The zero-order valence-corrected chi connectivity index (χ0v) is 12.9. The summed E-state index contributed by atoms with van der Waals surface area (Å²) in [5.74, 6) is -0.00566. The van der Waals surface area contributed by atoms with E-state index >= 15 is 0 Å². The van der Waals surface area contributed by atoms with E-state index in [2.05, 4.69) is 0 Å². The number of allylic oxidation sites excluding steroid dienone is 1. The lowest BCUT2D eigenvalue weighted by molar-refractivity contribution is 0.474. The number of phenolic OH excluding ortho intramolecular Hbond substituents is 1. The average molecular weight is 332 g/mol. The molecule has 7 nitrogen and oxygen atoms in total. The first-order valence-electron chi connectivity index (χ1n) is 7.50. The van der Waals surface area contributed by atoms with Crippen molar-refractivity contribution in [3.05, 3.63) is 80.4 Å². The van der Waals surface area contributed by atoms with Gasteiger partial charge in [-0.25, -0.2) is 4.68 Å². The van der Waals surface area contributed by atoms with Crippen molar-refractivity contribution in [3.8, 4) is 11.8 Å². The number of aromatic hydroxyl groups is 1. The van der Waals surface area contributed by atoms with Gasteiger partial charge in [-0.3, -0.25) is 9.59 Å². The monoisotopic (exact) mass is 332 g/mol. The Morgan fingerprint density at radius 3 is 2.20 bits per heavy atom. The summed E-state index contributed by atoms with van der Waals surface area (Å²) in [4.78, 5) is 25.8. The van der Waals surface area contributed by atoms with Gasteiger partial charge >= 0.3 is 0 Å². The van der Waals surface area contributed by atoms with Crippen LogP contribution < -0.4 is 16.9 Å². The third-order valence-electron chi connectivity index (χ3n) is 4.36. The smallest absolute Gasteiger partial charge is 0.279 e.